The molecular formula is C15H22BrN3O2. The number of methoxy groups -OCH3 is 1. The zero-order valence-electron chi connectivity index (χ0n) is 12.4. The summed E-state index contributed by atoms with van der Waals surface area (Å²) in [6.45, 7) is 3.60. The van der Waals surface area contributed by atoms with E-state index in [1.165, 1.54) is 5.56 Å². The Labute approximate surface area is 134 Å². The second-order valence-electron chi connectivity index (χ2n) is 5.38. The van der Waals surface area contributed by atoms with Gasteiger partial charge >= 0.3 is 6.03 Å². The fraction of sp³-hybridized carbons (Fsp3) is 0.533. The first-order valence-electron chi connectivity index (χ1n) is 7.15. The summed E-state index contributed by atoms with van der Waals surface area (Å²) in [4.78, 5) is 12.8. The van der Waals surface area contributed by atoms with Crippen molar-refractivity contribution in [2.45, 2.75) is 31.8 Å². The summed E-state index contributed by atoms with van der Waals surface area (Å²) >= 11 is 3.51. The van der Waals surface area contributed by atoms with Crippen molar-refractivity contribution in [2.24, 2.45) is 5.73 Å². The van der Waals surface area contributed by atoms with Crippen LogP contribution in [0.1, 0.15) is 31.4 Å². The molecule has 6 heteroatoms. The summed E-state index contributed by atoms with van der Waals surface area (Å²) in [5.41, 5.74) is 6.51. The largest absolute Gasteiger partial charge is 0.496 e. The van der Waals surface area contributed by atoms with Crippen molar-refractivity contribution in [1.82, 2.24) is 10.2 Å². The maximum atomic E-state index is 11.1. The van der Waals surface area contributed by atoms with Gasteiger partial charge in [0.05, 0.1) is 11.6 Å². The third kappa shape index (κ3) is 4.11. The summed E-state index contributed by atoms with van der Waals surface area (Å²) in [5, 5.41) is 3.62. The van der Waals surface area contributed by atoms with Crippen molar-refractivity contribution in [3.63, 3.8) is 0 Å². The van der Waals surface area contributed by atoms with Crippen LogP contribution in [0.5, 0.6) is 5.75 Å². The molecule has 1 aromatic rings. The molecule has 1 fully saturated rings. The third-order valence-electron chi connectivity index (χ3n) is 3.97. The number of nitrogens with one attached hydrogen (secondary N) is 1. The highest BCUT2D eigenvalue weighted by Gasteiger charge is 2.22. The fourth-order valence-electron chi connectivity index (χ4n) is 2.67. The Balaban J connectivity index is 1.91. The molecule has 5 nitrogen and oxygen atoms in total. The number of urea groups is 1. The molecule has 21 heavy (non-hydrogen) atoms. The standard InChI is InChI=1S/C15H22BrN3O2/c1-10(11-3-4-14(21-2)13(16)9-11)18-12-5-7-19(8-6-12)15(17)20/h3-4,9-10,12,18H,5-8H2,1-2H3,(H2,17,20). The molecule has 0 spiro atoms. The van der Waals surface area contributed by atoms with Crippen LogP contribution in [-0.4, -0.2) is 37.2 Å². The Bertz CT molecular complexity index is 502. The number of nitrogens with zero attached hydrogens (tertiary/aromatic N) is 1. The number of benzene rings is 1. The van der Waals surface area contributed by atoms with E-state index < -0.39 is 0 Å². The van der Waals surface area contributed by atoms with Gasteiger partial charge < -0.3 is 20.7 Å². The number of halogens is 1. The summed E-state index contributed by atoms with van der Waals surface area (Å²) in [7, 11) is 1.66. The van der Waals surface area contributed by atoms with Crippen LogP contribution in [0.25, 0.3) is 0 Å². The molecule has 1 aliphatic rings. The van der Waals surface area contributed by atoms with E-state index in [0.717, 1.165) is 36.2 Å². The van der Waals surface area contributed by atoms with Crippen LogP contribution in [0.2, 0.25) is 0 Å². The molecule has 2 rings (SSSR count). The molecule has 0 aliphatic carbocycles. The van der Waals surface area contributed by atoms with E-state index in [1.807, 2.05) is 6.07 Å². The van der Waals surface area contributed by atoms with E-state index >= 15 is 0 Å². The predicted molar refractivity (Wildman–Crippen MR) is 86.4 cm³/mol. The summed E-state index contributed by atoms with van der Waals surface area (Å²) in [5.74, 6) is 0.834. The average Bonchev–Trinajstić information content (AvgIpc) is 2.47. The molecule has 3 N–H and O–H groups in total. The lowest BCUT2D eigenvalue weighted by Gasteiger charge is -2.33. The van der Waals surface area contributed by atoms with Gasteiger partial charge in [0.1, 0.15) is 5.75 Å². The Kier molecular flexibility index (Phi) is 5.47. The summed E-state index contributed by atoms with van der Waals surface area (Å²) < 4.78 is 6.21. The third-order valence-corrected chi connectivity index (χ3v) is 4.59. The van der Waals surface area contributed by atoms with E-state index in [4.69, 9.17) is 10.5 Å². The van der Waals surface area contributed by atoms with Crippen molar-refractivity contribution < 1.29 is 9.53 Å². The Morgan fingerprint density at radius 1 is 1.48 bits per heavy atom. The van der Waals surface area contributed by atoms with Crippen molar-refractivity contribution in [2.75, 3.05) is 20.2 Å². The number of hydrogen-bond acceptors (Lipinski definition) is 3. The highest BCUT2D eigenvalue weighted by atomic mass is 79.9. The first-order chi connectivity index (χ1) is 10.0. The minimum absolute atomic E-state index is 0.248. The minimum Gasteiger partial charge on any atom is -0.496 e. The van der Waals surface area contributed by atoms with E-state index in [1.54, 1.807) is 12.0 Å². The molecule has 2 amide bonds. The van der Waals surface area contributed by atoms with E-state index in [0.29, 0.717) is 6.04 Å². The number of likely N-dealkylation sites (tertiary alicyclic amines) is 1. The summed E-state index contributed by atoms with van der Waals surface area (Å²) in [6.07, 6.45) is 1.87. The number of ether oxygens (including phenoxy) is 1. The smallest absolute Gasteiger partial charge is 0.314 e. The Morgan fingerprint density at radius 2 is 2.14 bits per heavy atom. The summed E-state index contributed by atoms with van der Waals surface area (Å²) in [6, 6.07) is 6.46. The first kappa shape index (κ1) is 16.1. The normalized spacial score (nSPS) is 17.6. The van der Waals surface area contributed by atoms with Crippen molar-refractivity contribution in [1.29, 1.82) is 0 Å². The van der Waals surface area contributed by atoms with Gasteiger partial charge in [-0.05, 0) is 53.4 Å². The van der Waals surface area contributed by atoms with E-state index in [2.05, 4.69) is 40.3 Å². The molecule has 1 saturated heterocycles. The van der Waals surface area contributed by atoms with Gasteiger partial charge in [-0.1, -0.05) is 6.07 Å². The topological polar surface area (TPSA) is 67.6 Å². The fourth-order valence-corrected chi connectivity index (χ4v) is 3.23. The quantitative estimate of drug-likeness (QED) is 0.872. The van der Waals surface area contributed by atoms with Gasteiger partial charge in [-0.25, -0.2) is 4.79 Å². The molecule has 1 unspecified atom stereocenters. The number of amides is 2. The van der Waals surface area contributed by atoms with Crippen molar-refractivity contribution in [3.05, 3.63) is 28.2 Å². The predicted octanol–water partition coefficient (Wildman–Crippen LogP) is 2.65. The molecule has 1 heterocycles. The molecule has 0 radical (unpaired) electrons. The second-order valence-corrected chi connectivity index (χ2v) is 6.24. The SMILES string of the molecule is COc1ccc(C(C)NC2CCN(C(N)=O)CC2)cc1Br. The highest BCUT2D eigenvalue weighted by Crippen LogP contribution is 2.28. The number of carbonyl (C=O) groups excluding carboxylic acids is 1. The van der Waals surface area contributed by atoms with Gasteiger partial charge in [-0.3, -0.25) is 0 Å². The minimum atomic E-state index is -0.319. The van der Waals surface area contributed by atoms with Gasteiger partial charge in [0.25, 0.3) is 0 Å². The van der Waals surface area contributed by atoms with Crippen LogP contribution in [0.4, 0.5) is 4.79 Å². The monoisotopic (exact) mass is 355 g/mol. The zero-order valence-corrected chi connectivity index (χ0v) is 14.0. The Morgan fingerprint density at radius 3 is 2.67 bits per heavy atom. The van der Waals surface area contributed by atoms with Crippen molar-refractivity contribution in [3.8, 4) is 5.75 Å². The zero-order chi connectivity index (χ0) is 15.4. The van der Waals surface area contributed by atoms with E-state index in [9.17, 15) is 4.79 Å². The molecule has 0 saturated carbocycles. The lowest BCUT2D eigenvalue weighted by Crippen LogP contribution is -2.47. The second kappa shape index (κ2) is 7.13. The van der Waals surface area contributed by atoms with E-state index in [-0.39, 0.29) is 12.1 Å². The molecule has 1 aromatic carbocycles. The number of primary amides is 1. The molecule has 116 valence electrons. The lowest BCUT2D eigenvalue weighted by atomic mass is 10.0. The van der Waals surface area contributed by atoms with Crippen LogP contribution < -0.4 is 15.8 Å². The van der Waals surface area contributed by atoms with Crippen LogP contribution >= 0.6 is 15.9 Å². The maximum absolute atomic E-state index is 11.1. The van der Waals surface area contributed by atoms with Gasteiger partial charge in [-0.15, -0.1) is 0 Å². The van der Waals surface area contributed by atoms with Gasteiger partial charge in [0.2, 0.25) is 0 Å². The van der Waals surface area contributed by atoms with Gasteiger partial charge in [0.15, 0.2) is 0 Å². The van der Waals surface area contributed by atoms with Gasteiger partial charge in [-0.2, -0.15) is 0 Å². The number of nitrogens with two attached hydrogens (primary N) is 1. The number of hydrogen-bond donors (Lipinski definition) is 2. The van der Waals surface area contributed by atoms with Gasteiger partial charge in [0, 0.05) is 25.2 Å². The average molecular weight is 356 g/mol. The molecular weight excluding hydrogens is 334 g/mol. The van der Waals surface area contributed by atoms with Crippen LogP contribution in [0, 0.1) is 0 Å². The van der Waals surface area contributed by atoms with Crippen LogP contribution in [0.15, 0.2) is 22.7 Å². The maximum Gasteiger partial charge on any atom is 0.314 e. The highest BCUT2D eigenvalue weighted by molar-refractivity contribution is 9.10. The lowest BCUT2D eigenvalue weighted by molar-refractivity contribution is 0.183. The Hall–Kier alpha value is -1.27. The molecule has 1 atom stereocenters. The molecule has 0 aromatic heterocycles. The number of carbonyl (C=O) groups is 1. The molecule has 0 bridgehead atoms. The number of piperidine rings is 1. The van der Waals surface area contributed by atoms with Crippen LogP contribution in [-0.2, 0) is 0 Å². The van der Waals surface area contributed by atoms with Crippen LogP contribution in [0.3, 0.4) is 0 Å². The molecule has 1 aliphatic heterocycles. The first-order valence-corrected chi connectivity index (χ1v) is 7.94. The van der Waals surface area contributed by atoms with Crippen molar-refractivity contribution >= 4 is 22.0 Å². The number of rotatable bonds is 4.